The van der Waals surface area contributed by atoms with Crippen molar-refractivity contribution in [1.82, 2.24) is 20.3 Å². The molecule has 252 valence electrons. The van der Waals surface area contributed by atoms with Gasteiger partial charge in [0.15, 0.2) is 0 Å². The second kappa shape index (κ2) is 13.5. The molecule has 2 amide bonds. The summed E-state index contributed by atoms with van der Waals surface area (Å²) in [7, 11) is 0.131. The number of nitrogens with one attached hydrogen (secondary N) is 4. The molecule has 0 radical (unpaired) electrons. The van der Waals surface area contributed by atoms with Gasteiger partial charge in [-0.3, -0.25) is 14.3 Å². The predicted octanol–water partition coefficient (Wildman–Crippen LogP) is 4.16. The summed E-state index contributed by atoms with van der Waals surface area (Å²) in [5, 5.41) is 9.18. The van der Waals surface area contributed by atoms with Gasteiger partial charge in [-0.2, -0.15) is 23.2 Å². The van der Waals surface area contributed by atoms with Crippen molar-refractivity contribution < 1.29 is 31.7 Å². The number of anilines is 1. The number of amides is 2. The zero-order valence-corrected chi connectivity index (χ0v) is 27.4. The van der Waals surface area contributed by atoms with Crippen LogP contribution >= 0.6 is 11.6 Å². The fourth-order valence-electron chi connectivity index (χ4n) is 4.88. The fourth-order valence-corrected chi connectivity index (χ4v) is 6.09. The lowest BCUT2D eigenvalue weighted by Gasteiger charge is -2.33. The van der Waals surface area contributed by atoms with Crippen molar-refractivity contribution in [2.75, 3.05) is 25.5 Å². The highest BCUT2D eigenvalue weighted by atomic mass is 35.5. The molecule has 1 aromatic rings. The van der Waals surface area contributed by atoms with E-state index in [1.54, 1.807) is 24.3 Å². The van der Waals surface area contributed by atoms with Crippen LogP contribution in [0.15, 0.2) is 45.9 Å². The number of alkyl halides is 4. The largest absolute Gasteiger partial charge is 0.411 e. The number of allylic oxidation sites excluding steroid dienone is 1. The summed E-state index contributed by atoms with van der Waals surface area (Å²) >= 11 is 6.11. The number of halogens is 4. The number of benzene rings is 1. The highest BCUT2D eigenvalue weighted by Gasteiger charge is 2.51. The van der Waals surface area contributed by atoms with E-state index in [0.29, 0.717) is 30.5 Å². The van der Waals surface area contributed by atoms with Crippen LogP contribution in [0.2, 0.25) is 0 Å². The Bertz CT molecular complexity index is 1440. The van der Waals surface area contributed by atoms with E-state index in [9.17, 15) is 27.0 Å². The number of ether oxygens (including phenoxy) is 1. The predicted molar refractivity (Wildman–Crippen MR) is 171 cm³/mol. The Labute approximate surface area is 273 Å². The molecule has 3 fully saturated rings. The monoisotopic (exact) mass is 685 g/mol. The molecule has 4 aliphatic rings. The van der Waals surface area contributed by atoms with Crippen LogP contribution in [0.3, 0.4) is 0 Å². The highest BCUT2D eigenvalue weighted by molar-refractivity contribution is 7.84. The molecule has 11 nitrogen and oxygen atoms in total. The summed E-state index contributed by atoms with van der Waals surface area (Å²) in [4.78, 5) is 35.7. The lowest BCUT2D eigenvalue weighted by atomic mass is 10.1. The number of guanidine groups is 2. The van der Waals surface area contributed by atoms with Crippen LogP contribution in [0.25, 0.3) is 0 Å². The molecule has 1 heterocycles. The van der Waals surface area contributed by atoms with Gasteiger partial charge >= 0.3 is 6.18 Å². The summed E-state index contributed by atoms with van der Waals surface area (Å²) in [6.45, 7) is 2.52. The lowest BCUT2D eigenvalue weighted by molar-refractivity contribution is -0.195. The first-order valence-corrected chi connectivity index (χ1v) is 16.9. The third kappa shape index (κ3) is 8.79. The van der Waals surface area contributed by atoms with Gasteiger partial charge in [0, 0.05) is 30.2 Å². The molecule has 16 heteroatoms. The molecule has 3 saturated carbocycles. The van der Waals surface area contributed by atoms with Crippen LogP contribution < -0.4 is 20.7 Å². The van der Waals surface area contributed by atoms with Gasteiger partial charge in [0.1, 0.15) is 17.6 Å². The van der Waals surface area contributed by atoms with E-state index in [0.717, 1.165) is 31.3 Å². The quantitative estimate of drug-likeness (QED) is 0.181. The average Bonchev–Trinajstić information content (AvgIpc) is 3.85. The van der Waals surface area contributed by atoms with E-state index in [4.69, 9.17) is 16.3 Å². The zero-order valence-electron chi connectivity index (χ0n) is 25.9. The number of carbonyl (C=O) groups is 2. The molecular weight excluding hydrogens is 647 g/mol. The van der Waals surface area contributed by atoms with Gasteiger partial charge in [-0.25, -0.2) is 4.21 Å². The average molecular weight is 686 g/mol. The van der Waals surface area contributed by atoms with Gasteiger partial charge in [0.2, 0.25) is 24.2 Å². The molecular formula is C30H39ClF3N7O4S. The number of hydrogen-bond donors (Lipinski definition) is 4. The number of carbonyl (C=O) groups excluding carboxylic acids is 2. The topological polar surface area (TPSA) is 137 Å². The first-order valence-electron chi connectivity index (χ1n) is 15.2. The molecule has 0 aromatic heterocycles. The summed E-state index contributed by atoms with van der Waals surface area (Å²) < 4.78 is 58.9. The van der Waals surface area contributed by atoms with E-state index in [1.165, 1.54) is 11.9 Å². The molecule has 3 aliphatic carbocycles. The molecule has 1 aliphatic heterocycles. The standard InChI is InChI=1S/C30H39ClF3N7O4S/c1-18(4-5-19(2)31)29(14-15-29)39-25-37-26(41(3)27(38-25)45-17-30(32,33)34)36-21-8-6-20(7-9-21)23(42)35-16-28(12-13-28)24(43)40-46(44)22-10-11-22/h4,6-9,19,22,27H,5,10-17H2,1-3H3,(H,35,42)(H,40,43)(H2,36,37,38,39). The van der Waals surface area contributed by atoms with Crippen molar-refractivity contribution in [2.45, 2.75) is 87.5 Å². The number of nitrogens with zero attached hydrogens (tertiary/aromatic N) is 3. The first-order chi connectivity index (χ1) is 21.7. The highest BCUT2D eigenvalue weighted by Crippen LogP contribution is 2.46. The van der Waals surface area contributed by atoms with Crippen LogP contribution in [0.1, 0.15) is 69.2 Å². The van der Waals surface area contributed by atoms with Gasteiger partial charge in [0.05, 0.1) is 16.2 Å². The molecule has 0 spiro atoms. The second-order valence-electron chi connectivity index (χ2n) is 12.5. The molecule has 0 saturated heterocycles. The Hall–Kier alpha value is -3.17. The lowest BCUT2D eigenvalue weighted by Crippen LogP contribution is -2.49. The SMILES string of the molecule is CC(=CCC(C)Cl)C1(NC2=NC(OCC(F)(F)F)N(C)C(Nc3ccc(C(=O)NCC4(C(=O)NS(=O)C5CC5)CC4)cc3)=N2)CC1. The van der Waals surface area contributed by atoms with E-state index in [1.807, 2.05) is 19.9 Å². The summed E-state index contributed by atoms with van der Waals surface area (Å²) in [5.41, 5.74) is 0.773. The van der Waals surface area contributed by atoms with E-state index < -0.39 is 41.1 Å². The number of rotatable bonds is 13. The molecule has 1 aromatic carbocycles. The molecule has 3 atom stereocenters. The molecule has 3 unspecified atom stereocenters. The van der Waals surface area contributed by atoms with E-state index in [2.05, 4.69) is 30.7 Å². The molecule has 46 heavy (non-hydrogen) atoms. The zero-order chi connectivity index (χ0) is 33.3. The number of hydrogen-bond acceptors (Lipinski definition) is 9. The third-order valence-electron chi connectivity index (χ3n) is 8.46. The van der Waals surface area contributed by atoms with Gasteiger partial charge < -0.3 is 25.6 Å². The van der Waals surface area contributed by atoms with E-state index >= 15 is 0 Å². The minimum absolute atomic E-state index is 0.0284. The molecule has 4 N–H and O–H groups in total. The Morgan fingerprint density at radius 3 is 2.43 bits per heavy atom. The van der Waals surface area contributed by atoms with Crippen molar-refractivity contribution in [3.63, 3.8) is 0 Å². The maximum Gasteiger partial charge on any atom is 0.411 e. The van der Waals surface area contributed by atoms with Crippen molar-refractivity contribution in [1.29, 1.82) is 0 Å². The minimum atomic E-state index is -4.55. The molecule has 5 rings (SSSR count). The normalized spacial score (nSPS) is 23.0. The van der Waals surface area contributed by atoms with Crippen LogP contribution in [0, 0.1) is 5.41 Å². The molecule has 0 bridgehead atoms. The third-order valence-corrected chi connectivity index (χ3v) is 10.1. The summed E-state index contributed by atoms with van der Waals surface area (Å²) in [6, 6.07) is 6.44. The Morgan fingerprint density at radius 2 is 1.87 bits per heavy atom. The minimum Gasteiger partial charge on any atom is -0.351 e. The fraction of sp³-hybridized carbons (Fsp3) is 0.600. The Morgan fingerprint density at radius 1 is 1.20 bits per heavy atom. The van der Waals surface area contributed by atoms with Crippen LogP contribution in [0.5, 0.6) is 0 Å². The smallest absolute Gasteiger partial charge is 0.351 e. The number of aliphatic imine (C=N–C) groups is 2. The van der Waals surface area contributed by atoms with Gasteiger partial charge in [-0.05, 0) is 83.1 Å². The van der Waals surface area contributed by atoms with Crippen LogP contribution in [-0.4, -0.2) is 81.7 Å². The van der Waals surface area contributed by atoms with Crippen LogP contribution in [-0.2, 0) is 20.5 Å². The first kappa shape index (κ1) is 34.2. The van der Waals surface area contributed by atoms with Gasteiger partial charge in [-0.15, -0.1) is 11.6 Å². The Balaban J connectivity index is 1.23. The summed E-state index contributed by atoms with van der Waals surface area (Å²) in [5.74, 6) is -0.346. The van der Waals surface area contributed by atoms with Crippen molar-refractivity contribution >= 4 is 52.0 Å². The van der Waals surface area contributed by atoms with Gasteiger partial charge in [0.25, 0.3) is 5.91 Å². The maximum atomic E-state index is 13.0. The van der Waals surface area contributed by atoms with E-state index in [-0.39, 0.29) is 40.9 Å². The van der Waals surface area contributed by atoms with Crippen molar-refractivity contribution in [3.8, 4) is 0 Å². The van der Waals surface area contributed by atoms with Crippen LogP contribution in [0.4, 0.5) is 18.9 Å². The second-order valence-corrected chi connectivity index (χ2v) is 14.7. The van der Waals surface area contributed by atoms with Crippen molar-refractivity contribution in [3.05, 3.63) is 41.5 Å². The van der Waals surface area contributed by atoms with Gasteiger partial charge in [-0.1, -0.05) is 11.6 Å². The van der Waals surface area contributed by atoms with Crippen molar-refractivity contribution in [2.24, 2.45) is 15.4 Å². The Kier molecular flexibility index (Phi) is 10.0. The maximum absolute atomic E-state index is 13.0. The summed E-state index contributed by atoms with van der Waals surface area (Å²) in [6.07, 6.45) is 1.39.